The van der Waals surface area contributed by atoms with E-state index in [4.69, 9.17) is 5.73 Å². The van der Waals surface area contributed by atoms with E-state index in [0.717, 1.165) is 9.75 Å². The van der Waals surface area contributed by atoms with Crippen LogP contribution in [0.4, 0.5) is 5.69 Å². The summed E-state index contributed by atoms with van der Waals surface area (Å²) < 4.78 is 26.5. The summed E-state index contributed by atoms with van der Waals surface area (Å²) >= 11 is 1.58. The molecule has 0 atom stereocenters. The number of rotatable bonds is 4. The summed E-state index contributed by atoms with van der Waals surface area (Å²) in [6.07, 6.45) is 0. The fourth-order valence-electron chi connectivity index (χ4n) is 1.48. The molecule has 96 valence electrons. The third kappa shape index (κ3) is 3.10. The molecule has 0 radical (unpaired) electrons. The van der Waals surface area contributed by atoms with Gasteiger partial charge in [-0.05, 0) is 43.3 Å². The lowest BCUT2D eigenvalue weighted by molar-refractivity contribution is 0.582. The zero-order valence-electron chi connectivity index (χ0n) is 9.88. The predicted molar refractivity (Wildman–Crippen MR) is 73.9 cm³/mol. The molecule has 0 spiro atoms. The third-order valence-electron chi connectivity index (χ3n) is 2.42. The van der Waals surface area contributed by atoms with Crippen molar-refractivity contribution >= 4 is 27.0 Å². The highest BCUT2D eigenvalue weighted by Crippen LogP contribution is 2.16. The molecular weight excluding hydrogens is 268 g/mol. The standard InChI is InChI=1S/C12H14N2O2S2/c1-9-2-5-11(17-9)8-14-18(15,16)12-6-3-10(13)4-7-12/h2-7,14H,8,13H2,1H3. The number of nitrogen functional groups attached to an aromatic ring is 1. The van der Waals surface area contributed by atoms with Crippen LogP contribution in [0.25, 0.3) is 0 Å². The van der Waals surface area contributed by atoms with Crippen molar-refractivity contribution in [3.8, 4) is 0 Å². The number of nitrogens with two attached hydrogens (primary N) is 1. The zero-order chi connectivity index (χ0) is 13.2. The highest BCUT2D eigenvalue weighted by atomic mass is 32.2. The molecule has 6 heteroatoms. The molecule has 1 heterocycles. The SMILES string of the molecule is Cc1ccc(CNS(=O)(=O)c2ccc(N)cc2)s1. The van der Waals surface area contributed by atoms with E-state index in [-0.39, 0.29) is 4.90 Å². The second-order valence-corrected chi connectivity index (χ2v) is 7.05. The van der Waals surface area contributed by atoms with Crippen LogP contribution in [0.3, 0.4) is 0 Å². The molecule has 4 nitrogen and oxygen atoms in total. The van der Waals surface area contributed by atoms with Crippen LogP contribution in [0.2, 0.25) is 0 Å². The largest absolute Gasteiger partial charge is 0.399 e. The van der Waals surface area contributed by atoms with Gasteiger partial charge in [-0.25, -0.2) is 13.1 Å². The van der Waals surface area contributed by atoms with E-state index < -0.39 is 10.0 Å². The summed E-state index contributed by atoms with van der Waals surface area (Å²) in [5, 5.41) is 0. The van der Waals surface area contributed by atoms with Crippen molar-refractivity contribution in [3.63, 3.8) is 0 Å². The number of sulfonamides is 1. The van der Waals surface area contributed by atoms with Gasteiger partial charge in [-0.3, -0.25) is 0 Å². The van der Waals surface area contributed by atoms with Crippen LogP contribution >= 0.6 is 11.3 Å². The molecule has 0 bridgehead atoms. The summed E-state index contributed by atoms with van der Waals surface area (Å²) in [7, 11) is -3.46. The second-order valence-electron chi connectivity index (χ2n) is 3.91. The number of aryl methyl sites for hydroxylation is 1. The van der Waals surface area contributed by atoms with Crippen molar-refractivity contribution in [2.45, 2.75) is 18.4 Å². The first kappa shape index (κ1) is 13.1. The number of hydrogen-bond donors (Lipinski definition) is 2. The quantitative estimate of drug-likeness (QED) is 0.844. The first-order valence-corrected chi connectivity index (χ1v) is 7.68. The number of benzene rings is 1. The van der Waals surface area contributed by atoms with E-state index in [1.165, 1.54) is 12.1 Å². The average Bonchev–Trinajstić information content (AvgIpc) is 2.73. The molecule has 0 amide bonds. The van der Waals surface area contributed by atoms with Crippen LogP contribution in [-0.2, 0) is 16.6 Å². The smallest absolute Gasteiger partial charge is 0.240 e. The van der Waals surface area contributed by atoms with E-state index in [2.05, 4.69) is 4.72 Å². The Morgan fingerprint density at radius 3 is 2.39 bits per heavy atom. The minimum atomic E-state index is -3.46. The van der Waals surface area contributed by atoms with Gasteiger partial charge in [-0.2, -0.15) is 0 Å². The summed E-state index contributed by atoms with van der Waals surface area (Å²) in [4.78, 5) is 2.38. The van der Waals surface area contributed by atoms with Crippen molar-refractivity contribution < 1.29 is 8.42 Å². The van der Waals surface area contributed by atoms with E-state index in [1.807, 2.05) is 19.1 Å². The highest BCUT2D eigenvalue weighted by molar-refractivity contribution is 7.89. The monoisotopic (exact) mass is 282 g/mol. The van der Waals surface area contributed by atoms with Gasteiger partial charge in [-0.15, -0.1) is 11.3 Å². The van der Waals surface area contributed by atoms with E-state index in [0.29, 0.717) is 12.2 Å². The fourth-order valence-corrected chi connectivity index (χ4v) is 3.40. The summed E-state index contributed by atoms with van der Waals surface area (Å²) in [5.41, 5.74) is 6.07. The van der Waals surface area contributed by atoms with Gasteiger partial charge in [0.05, 0.1) is 4.90 Å². The zero-order valence-corrected chi connectivity index (χ0v) is 11.5. The Balaban J connectivity index is 2.10. The lowest BCUT2D eigenvalue weighted by Crippen LogP contribution is -2.22. The normalized spacial score (nSPS) is 11.6. The van der Waals surface area contributed by atoms with Gasteiger partial charge in [0.25, 0.3) is 0 Å². The minimum Gasteiger partial charge on any atom is -0.399 e. The summed E-state index contributed by atoms with van der Waals surface area (Å²) in [5.74, 6) is 0. The first-order valence-electron chi connectivity index (χ1n) is 5.38. The maximum absolute atomic E-state index is 12.0. The lowest BCUT2D eigenvalue weighted by atomic mass is 10.3. The Kier molecular flexibility index (Phi) is 3.70. The van der Waals surface area contributed by atoms with Gasteiger partial charge in [0.2, 0.25) is 10.0 Å². The fraction of sp³-hybridized carbons (Fsp3) is 0.167. The molecule has 1 aromatic carbocycles. The Hall–Kier alpha value is -1.37. The molecule has 0 aliphatic heterocycles. The van der Waals surface area contributed by atoms with Crippen LogP contribution in [0, 0.1) is 6.92 Å². The Bertz CT molecular complexity index is 630. The topological polar surface area (TPSA) is 72.2 Å². The van der Waals surface area contributed by atoms with Gasteiger partial charge in [-0.1, -0.05) is 0 Å². The number of nitrogens with one attached hydrogen (secondary N) is 1. The first-order chi connectivity index (χ1) is 8.47. The molecule has 1 aromatic heterocycles. The maximum atomic E-state index is 12.0. The predicted octanol–water partition coefficient (Wildman–Crippen LogP) is 2.12. The Morgan fingerprint density at radius 2 is 1.83 bits per heavy atom. The van der Waals surface area contributed by atoms with Crippen molar-refractivity contribution in [3.05, 3.63) is 46.2 Å². The van der Waals surface area contributed by atoms with Crippen LogP contribution < -0.4 is 10.5 Å². The molecule has 0 aliphatic carbocycles. The van der Waals surface area contributed by atoms with Crippen LogP contribution in [0.15, 0.2) is 41.3 Å². The van der Waals surface area contributed by atoms with Gasteiger partial charge >= 0.3 is 0 Å². The van der Waals surface area contributed by atoms with Gasteiger partial charge < -0.3 is 5.73 Å². The average molecular weight is 282 g/mol. The molecule has 2 aromatic rings. The van der Waals surface area contributed by atoms with Crippen LogP contribution in [0.5, 0.6) is 0 Å². The van der Waals surface area contributed by atoms with E-state index >= 15 is 0 Å². The van der Waals surface area contributed by atoms with Gasteiger partial charge in [0, 0.05) is 22.0 Å². The molecule has 2 rings (SSSR count). The minimum absolute atomic E-state index is 0.227. The van der Waals surface area contributed by atoms with Crippen LogP contribution in [0.1, 0.15) is 9.75 Å². The Labute approximate surface area is 111 Å². The van der Waals surface area contributed by atoms with Crippen molar-refractivity contribution in [2.24, 2.45) is 0 Å². The molecule has 18 heavy (non-hydrogen) atoms. The molecule has 0 unspecified atom stereocenters. The summed E-state index contributed by atoms with van der Waals surface area (Å²) in [6.45, 7) is 2.30. The van der Waals surface area contributed by atoms with Crippen molar-refractivity contribution in [2.75, 3.05) is 5.73 Å². The molecular formula is C12H14N2O2S2. The lowest BCUT2D eigenvalue weighted by Gasteiger charge is -2.05. The number of thiophene rings is 1. The van der Waals surface area contributed by atoms with E-state index in [1.54, 1.807) is 23.5 Å². The third-order valence-corrected chi connectivity index (χ3v) is 4.84. The highest BCUT2D eigenvalue weighted by Gasteiger charge is 2.13. The second kappa shape index (κ2) is 5.09. The molecule has 0 saturated heterocycles. The molecule has 0 saturated carbocycles. The summed E-state index contributed by atoms with van der Waals surface area (Å²) in [6, 6.07) is 10.0. The van der Waals surface area contributed by atoms with Gasteiger partial charge in [0.1, 0.15) is 0 Å². The van der Waals surface area contributed by atoms with Crippen molar-refractivity contribution in [1.82, 2.24) is 4.72 Å². The van der Waals surface area contributed by atoms with Crippen LogP contribution in [-0.4, -0.2) is 8.42 Å². The maximum Gasteiger partial charge on any atom is 0.240 e. The van der Waals surface area contributed by atoms with Gasteiger partial charge in [0.15, 0.2) is 0 Å². The van der Waals surface area contributed by atoms with Crippen molar-refractivity contribution in [1.29, 1.82) is 0 Å². The molecule has 0 fully saturated rings. The molecule has 0 aliphatic rings. The van der Waals surface area contributed by atoms with E-state index in [9.17, 15) is 8.42 Å². The molecule has 3 N–H and O–H groups in total. The Morgan fingerprint density at radius 1 is 1.17 bits per heavy atom. The number of anilines is 1. The number of hydrogen-bond acceptors (Lipinski definition) is 4.